The lowest BCUT2D eigenvalue weighted by molar-refractivity contribution is -0.147. The summed E-state index contributed by atoms with van der Waals surface area (Å²) >= 11 is 0. The Labute approximate surface area is 208 Å². The van der Waals surface area contributed by atoms with Crippen molar-refractivity contribution in [1.29, 1.82) is 0 Å². The summed E-state index contributed by atoms with van der Waals surface area (Å²) in [5.74, 6) is -0.0668. The number of ether oxygens (including phenoxy) is 1. The van der Waals surface area contributed by atoms with Crippen LogP contribution in [0.25, 0.3) is 16.8 Å². The fourth-order valence-corrected chi connectivity index (χ4v) is 5.21. The molecule has 0 saturated carbocycles. The quantitative estimate of drug-likeness (QED) is 0.173. The maximum atomic E-state index is 12.6. The van der Waals surface area contributed by atoms with Crippen LogP contribution in [0.1, 0.15) is 133 Å². The van der Waals surface area contributed by atoms with Crippen molar-refractivity contribution in [2.75, 3.05) is 0 Å². The molecular weight excluding hydrogens is 416 g/mol. The molecule has 0 spiro atoms. The molecule has 34 heavy (non-hydrogen) atoms. The third kappa shape index (κ3) is 8.00. The van der Waals surface area contributed by atoms with Crippen molar-refractivity contribution in [3.63, 3.8) is 0 Å². The van der Waals surface area contributed by atoms with Gasteiger partial charge in [-0.25, -0.2) is 0 Å². The monoisotopic (exact) mass is 462 g/mol. The Morgan fingerprint density at radius 3 is 2.12 bits per heavy atom. The van der Waals surface area contributed by atoms with Crippen molar-refractivity contribution >= 4 is 22.8 Å². The van der Waals surface area contributed by atoms with Gasteiger partial charge in [-0.15, -0.1) is 0 Å². The van der Waals surface area contributed by atoms with Crippen LogP contribution in [-0.2, 0) is 16.0 Å². The summed E-state index contributed by atoms with van der Waals surface area (Å²) in [5, 5.41) is 2.52. The van der Waals surface area contributed by atoms with Crippen molar-refractivity contribution in [2.24, 2.45) is 0 Å². The highest BCUT2D eigenvalue weighted by Gasteiger charge is 2.22. The first-order valence-corrected chi connectivity index (χ1v) is 14.2. The zero-order valence-corrected chi connectivity index (χ0v) is 21.7. The van der Waals surface area contributed by atoms with Crippen LogP contribution in [-0.4, -0.2) is 5.97 Å². The third-order valence-corrected chi connectivity index (χ3v) is 7.25. The largest absolute Gasteiger partial charge is 0.453 e. The van der Waals surface area contributed by atoms with Gasteiger partial charge in [0.1, 0.15) is 6.10 Å². The second-order valence-corrected chi connectivity index (χ2v) is 10.1. The highest BCUT2D eigenvalue weighted by molar-refractivity contribution is 5.97. The van der Waals surface area contributed by atoms with Gasteiger partial charge in [0.05, 0.1) is 0 Å². The first-order chi connectivity index (χ1) is 16.7. The van der Waals surface area contributed by atoms with Crippen LogP contribution < -0.4 is 0 Å². The van der Waals surface area contributed by atoms with Crippen LogP contribution >= 0.6 is 0 Å². The van der Waals surface area contributed by atoms with Crippen LogP contribution in [0.4, 0.5) is 0 Å². The highest BCUT2D eigenvalue weighted by Crippen LogP contribution is 2.37. The highest BCUT2D eigenvalue weighted by atomic mass is 16.5. The lowest BCUT2D eigenvalue weighted by Crippen LogP contribution is -2.12. The fraction of sp³-hybridized carbons (Fsp3) is 0.594. The van der Waals surface area contributed by atoms with Gasteiger partial charge in [0.15, 0.2) is 0 Å². The van der Waals surface area contributed by atoms with Crippen molar-refractivity contribution in [3.05, 3.63) is 53.1 Å². The third-order valence-electron chi connectivity index (χ3n) is 7.25. The summed E-state index contributed by atoms with van der Waals surface area (Å²) in [6.45, 7) is 4.51. The molecule has 0 amide bonds. The molecule has 0 bridgehead atoms. The molecule has 1 aliphatic carbocycles. The van der Waals surface area contributed by atoms with Gasteiger partial charge in [0, 0.05) is 12.0 Å². The minimum atomic E-state index is -0.262. The second-order valence-electron chi connectivity index (χ2n) is 10.1. The van der Waals surface area contributed by atoms with E-state index in [0.29, 0.717) is 6.42 Å². The number of esters is 1. The predicted octanol–water partition coefficient (Wildman–Crippen LogP) is 9.88. The molecule has 1 aliphatic rings. The van der Waals surface area contributed by atoms with Crippen LogP contribution in [0.3, 0.4) is 0 Å². The molecule has 0 aromatic heterocycles. The van der Waals surface area contributed by atoms with E-state index in [1.165, 1.54) is 98.9 Å². The van der Waals surface area contributed by atoms with E-state index < -0.39 is 0 Å². The number of unbranched alkanes of at least 4 members (excludes halogenated alkanes) is 12. The van der Waals surface area contributed by atoms with E-state index in [9.17, 15) is 4.79 Å². The predicted molar refractivity (Wildman–Crippen MR) is 146 cm³/mol. The van der Waals surface area contributed by atoms with E-state index in [-0.39, 0.29) is 12.1 Å². The average Bonchev–Trinajstić information content (AvgIpc) is 2.85. The maximum absolute atomic E-state index is 12.6. The fourth-order valence-electron chi connectivity index (χ4n) is 5.21. The molecule has 2 nitrogen and oxygen atoms in total. The number of aryl methyl sites for hydroxylation is 1. The van der Waals surface area contributed by atoms with E-state index in [1.807, 2.05) is 0 Å². The smallest absolute Gasteiger partial charge is 0.306 e. The topological polar surface area (TPSA) is 26.3 Å². The minimum Gasteiger partial charge on any atom is -0.453 e. The zero-order valence-electron chi connectivity index (χ0n) is 21.7. The Hall–Kier alpha value is -2.09. The van der Waals surface area contributed by atoms with Gasteiger partial charge in [-0.1, -0.05) is 127 Å². The molecule has 2 heteroatoms. The number of hydrogen-bond donors (Lipinski definition) is 0. The SMILES string of the molecule is CCCCCCCCCC(=O)OC1C=Cc2c(CCCCCCCCC)ccc3cccc1c23. The normalized spacial score (nSPS) is 14.6. The van der Waals surface area contributed by atoms with Gasteiger partial charge in [-0.2, -0.15) is 0 Å². The Bertz CT molecular complexity index is 911. The summed E-state index contributed by atoms with van der Waals surface area (Å²) in [6, 6.07) is 11.0. The zero-order chi connectivity index (χ0) is 24.0. The number of benzene rings is 2. The summed E-state index contributed by atoms with van der Waals surface area (Å²) in [6.07, 6.45) is 23.5. The molecule has 1 unspecified atom stereocenters. The number of rotatable bonds is 17. The summed E-state index contributed by atoms with van der Waals surface area (Å²) in [5.41, 5.74) is 3.90. The Morgan fingerprint density at radius 2 is 1.41 bits per heavy atom. The van der Waals surface area contributed by atoms with E-state index in [4.69, 9.17) is 4.74 Å². The van der Waals surface area contributed by atoms with E-state index in [0.717, 1.165) is 24.8 Å². The molecule has 0 fully saturated rings. The minimum absolute atomic E-state index is 0.0668. The van der Waals surface area contributed by atoms with E-state index in [1.54, 1.807) is 0 Å². The molecule has 0 saturated heterocycles. The molecule has 186 valence electrons. The van der Waals surface area contributed by atoms with E-state index in [2.05, 4.69) is 56.3 Å². The molecule has 1 atom stereocenters. The standard InChI is InChI=1S/C32H46O2/c1-3-5-7-9-11-13-15-18-26-22-23-27-19-17-20-29-30(25-24-28(26)32(27)29)34-31(33)21-16-14-12-10-8-6-4-2/h17,19-20,22-25,30H,3-16,18,21H2,1-2H3. The van der Waals surface area contributed by atoms with Crippen molar-refractivity contribution in [2.45, 2.75) is 123 Å². The lowest BCUT2D eigenvalue weighted by Gasteiger charge is -2.23. The van der Waals surface area contributed by atoms with Crippen LogP contribution in [0.15, 0.2) is 36.4 Å². The molecule has 2 aromatic rings. The average molecular weight is 463 g/mol. The molecule has 0 N–H and O–H groups in total. The van der Waals surface area contributed by atoms with Gasteiger partial charge in [0.25, 0.3) is 0 Å². The maximum Gasteiger partial charge on any atom is 0.306 e. The Morgan fingerprint density at radius 1 is 0.765 bits per heavy atom. The number of hydrogen-bond acceptors (Lipinski definition) is 2. The van der Waals surface area contributed by atoms with Gasteiger partial charge < -0.3 is 4.74 Å². The van der Waals surface area contributed by atoms with Crippen LogP contribution in [0.5, 0.6) is 0 Å². The summed E-state index contributed by atoms with van der Waals surface area (Å²) in [7, 11) is 0. The van der Waals surface area contributed by atoms with Crippen LogP contribution in [0.2, 0.25) is 0 Å². The van der Waals surface area contributed by atoms with Gasteiger partial charge >= 0.3 is 5.97 Å². The number of carbonyl (C=O) groups is 1. The second kappa shape index (κ2) is 15.0. The van der Waals surface area contributed by atoms with Crippen LogP contribution in [0, 0.1) is 0 Å². The Kier molecular flexibility index (Phi) is 11.7. The van der Waals surface area contributed by atoms with Crippen molar-refractivity contribution in [3.8, 4) is 0 Å². The number of carbonyl (C=O) groups excluding carboxylic acids is 1. The van der Waals surface area contributed by atoms with E-state index >= 15 is 0 Å². The van der Waals surface area contributed by atoms with Gasteiger partial charge in [-0.3, -0.25) is 4.79 Å². The molecular formula is C32H46O2. The van der Waals surface area contributed by atoms with Gasteiger partial charge in [0.2, 0.25) is 0 Å². The molecule has 3 rings (SSSR count). The molecule has 2 aromatic carbocycles. The summed E-state index contributed by atoms with van der Waals surface area (Å²) < 4.78 is 5.94. The first-order valence-electron chi connectivity index (χ1n) is 14.2. The van der Waals surface area contributed by atoms with Crippen molar-refractivity contribution in [1.82, 2.24) is 0 Å². The Balaban J connectivity index is 1.54. The molecule has 0 radical (unpaired) electrons. The first kappa shape index (κ1) is 26.5. The lowest BCUT2D eigenvalue weighted by atomic mass is 9.87. The van der Waals surface area contributed by atoms with Gasteiger partial charge in [-0.05, 0) is 47.2 Å². The molecule has 0 aliphatic heterocycles. The van der Waals surface area contributed by atoms with Crippen molar-refractivity contribution < 1.29 is 9.53 Å². The summed E-state index contributed by atoms with van der Waals surface area (Å²) in [4.78, 5) is 12.6. The molecule has 0 heterocycles.